The van der Waals surface area contributed by atoms with Crippen molar-refractivity contribution in [2.24, 2.45) is 59.2 Å². The summed E-state index contributed by atoms with van der Waals surface area (Å²) in [5.41, 5.74) is 0. The summed E-state index contributed by atoms with van der Waals surface area (Å²) in [4.78, 5) is 25.0. The van der Waals surface area contributed by atoms with Crippen LogP contribution < -0.4 is 0 Å². The fraction of sp³-hybridized carbons (Fsp3) is 0.923. The molecule has 0 saturated heterocycles. The molecule has 0 aromatic carbocycles. The zero-order chi connectivity index (χ0) is 21.1. The molecule has 0 aromatic heterocycles. The number of ether oxygens (including phenoxy) is 3. The Labute approximate surface area is 185 Å². The van der Waals surface area contributed by atoms with Crippen molar-refractivity contribution < 1.29 is 23.8 Å². The van der Waals surface area contributed by atoms with Gasteiger partial charge in [-0.15, -0.1) is 0 Å². The summed E-state index contributed by atoms with van der Waals surface area (Å²) in [6.07, 6.45) is 11.3. The van der Waals surface area contributed by atoms with E-state index in [-0.39, 0.29) is 30.8 Å². The maximum atomic E-state index is 12.9. The van der Waals surface area contributed by atoms with Gasteiger partial charge < -0.3 is 14.2 Å². The molecule has 31 heavy (non-hydrogen) atoms. The molecule has 0 heterocycles. The standard InChI is InChI=1S/C26H38O5/c1-2-3-23(27)31-22-11-17-10-21(22)25-19-8-16(24(17)25)9-20(19)26(28)30-13-29-12-18-7-14-4-5-15(18)6-14/h14-22,24-25H,2-13H2,1H3. The maximum Gasteiger partial charge on any atom is 0.311 e. The molecule has 6 bridgehead atoms. The Morgan fingerprint density at radius 2 is 1.71 bits per heavy atom. The van der Waals surface area contributed by atoms with Crippen LogP contribution in [0.15, 0.2) is 0 Å². The lowest BCUT2D eigenvalue weighted by Gasteiger charge is -2.40. The molecule has 5 heteroatoms. The molecular weight excluding hydrogens is 392 g/mol. The summed E-state index contributed by atoms with van der Waals surface area (Å²) in [5.74, 6) is 5.99. The van der Waals surface area contributed by atoms with E-state index < -0.39 is 0 Å². The zero-order valence-corrected chi connectivity index (χ0v) is 18.9. The monoisotopic (exact) mass is 430 g/mol. The van der Waals surface area contributed by atoms with Crippen LogP contribution in [0.3, 0.4) is 0 Å². The molecular formula is C26H38O5. The smallest absolute Gasteiger partial charge is 0.311 e. The molecule has 0 N–H and O–H groups in total. The maximum absolute atomic E-state index is 12.9. The minimum Gasteiger partial charge on any atom is -0.462 e. The second kappa shape index (κ2) is 8.04. The van der Waals surface area contributed by atoms with E-state index >= 15 is 0 Å². The van der Waals surface area contributed by atoms with Crippen molar-refractivity contribution in [3.63, 3.8) is 0 Å². The van der Waals surface area contributed by atoms with E-state index in [1.807, 2.05) is 6.92 Å². The largest absolute Gasteiger partial charge is 0.462 e. The second-order valence-electron chi connectivity index (χ2n) is 11.7. The van der Waals surface area contributed by atoms with Gasteiger partial charge in [0.25, 0.3) is 0 Å². The van der Waals surface area contributed by atoms with Gasteiger partial charge in [-0.05, 0) is 105 Å². The van der Waals surface area contributed by atoms with Gasteiger partial charge in [-0.1, -0.05) is 13.3 Å². The van der Waals surface area contributed by atoms with Gasteiger partial charge in [0.2, 0.25) is 0 Å². The Hall–Kier alpha value is -1.10. The van der Waals surface area contributed by atoms with Crippen molar-refractivity contribution in [3.8, 4) is 0 Å². The third-order valence-corrected chi connectivity index (χ3v) is 10.3. The van der Waals surface area contributed by atoms with Gasteiger partial charge in [0.1, 0.15) is 6.10 Å². The van der Waals surface area contributed by atoms with Crippen LogP contribution in [-0.4, -0.2) is 31.4 Å². The lowest BCUT2D eigenvalue weighted by Crippen LogP contribution is -2.41. The fourth-order valence-corrected chi connectivity index (χ4v) is 9.37. The highest BCUT2D eigenvalue weighted by Crippen LogP contribution is 2.69. The predicted octanol–water partition coefficient (Wildman–Crippen LogP) is 4.58. The molecule has 172 valence electrons. The van der Waals surface area contributed by atoms with Crippen LogP contribution >= 0.6 is 0 Å². The van der Waals surface area contributed by atoms with Crippen molar-refractivity contribution >= 4 is 11.9 Å². The molecule has 5 nitrogen and oxygen atoms in total. The van der Waals surface area contributed by atoms with Crippen LogP contribution in [0.2, 0.25) is 0 Å². The lowest BCUT2D eigenvalue weighted by atomic mass is 9.67. The minimum atomic E-state index is -0.0406. The molecule has 0 aromatic rings. The molecule has 6 saturated carbocycles. The Kier molecular flexibility index (Phi) is 5.32. The number of fused-ring (bicyclic) bond motifs is 11. The predicted molar refractivity (Wildman–Crippen MR) is 114 cm³/mol. The first-order chi connectivity index (χ1) is 15.1. The van der Waals surface area contributed by atoms with E-state index in [0.717, 1.165) is 43.6 Å². The van der Waals surface area contributed by atoms with E-state index in [9.17, 15) is 9.59 Å². The Balaban J connectivity index is 1.00. The van der Waals surface area contributed by atoms with Crippen LogP contribution in [0.25, 0.3) is 0 Å². The average Bonchev–Trinajstić information content (AvgIpc) is 3.57. The van der Waals surface area contributed by atoms with Crippen molar-refractivity contribution in [2.45, 2.75) is 77.2 Å². The van der Waals surface area contributed by atoms with E-state index in [1.54, 1.807) is 0 Å². The van der Waals surface area contributed by atoms with Crippen LogP contribution in [0.1, 0.15) is 71.1 Å². The average molecular weight is 431 g/mol. The SMILES string of the molecule is CCCC(=O)OC1CC2CC1C1C3CC(CC3C(=O)OCOCC3CC4CCC3C4)C21. The zero-order valence-electron chi connectivity index (χ0n) is 18.9. The minimum absolute atomic E-state index is 0.0312. The fourth-order valence-electron chi connectivity index (χ4n) is 9.37. The molecule has 0 spiro atoms. The third-order valence-electron chi connectivity index (χ3n) is 10.3. The van der Waals surface area contributed by atoms with Crippen molar-refractivity contribution in [3.05, 3.63) is 0 Å². The molecule has 0 radical (unpaired) electrons. The van der Waals surface area contributed by atoms with E-state index in [2.05, 4.69) is 0 Å². The van der Waals surface area contributed by atoms with Gasteiger partial charge in [-0.25, -0.2) is 0 Å². The molecule has 6 aliphatic rings. The Bertz CT molecular complexity index is 721. The Morgan fingerprint density at radius 3 is 2.48 bits per heavy atom. The van der Waals surface area contributed by atoms with E-state index in [1.165, 1.54) is 38.5 Å². The van der Waals surface area contributed by atoms with Crippen LogP contribution in [-0.2, 0) is 23.8 Å². The summed E-state index contributed by atoms with van der Waals surface area (Å²) in [6.45, 7) is 2.90. The first-order valence-electron chi connectivity index (χ1n) is 13.1. The molecule has 11 unspecified atom stereocenters. The van der Waals surface area contributed by atoms with Gasteiger partial charge in [0.05, 0.1) is 12.5 Å². The van der Waals surface area contributed by atoms with Gasteiger partial charge >= 0.3 is 11.9 Å². The van der Waals surface area contributed by atoms with Gasteiger partial charge in [0, 0.05) is 6.42 Å². The molecule has 0 amide bonds. The van der Waals surface area contributed by atoms with Crippen molar-refractivity contribution in [1.29, 1.82) is 0 Å². The van der Waals surface area contributed by atoms with Crippen molar-refractivity contribution in [1.82, 2.24) is 0 Å². The molecule has 6 rings (SSSR count). The summed E-state index contributed by atoms with van der Waals surface area (Å²) in [6, 6.07) is 0. The van der Waals surface area contributed by atoms with Crippen LogP contribution in [0.5, 0.6) is 0 Å². The number of rotatable bonds is 8. The Morgan fingerprint density at radius 1 is 0.871 bits per heavy atom. The molecule has 0 aliphatic heterocycles. The van der Waals surface area contributed by atoms with Gasteiger partial charge in [-0.2, -0.15) is 0 Å². The van der Waals surface area contributed by atoms with Gasteiger partial charge in [0.15, 0.2) is 6.79 Å². The number of hydrogen-bond donors (Lipinski definition) is 0. The topological polar surface area (TPSA) is 61.8 Å². The van der Waals surface area contributed by atoms with Crippen molar-refractivity contribution in [2.75, 3.05) is 13.4 Å². The summed E-state index contributed by atoms with van der Waals surface area (Å²) < 4.78 is 17.3. The number of carbonyl (C=O) groups is 2. The highest BCUT2D eigenvalue weighted by atomic mass is 16.7. The van der Waals surface area contributed by atoms with E-state index in [4.69, 9.17) is 14.2 Å². The molecule has 6 aliphatic carbocycles. The van der Waals surface area contributed by atoms with Gasteiger partial charge in [-0.3, -0.25) is 9.59 Å². The normalized spacial score (nSPS) is 48.4. The molecule has 6 fully saturated rings. The third kappa shape index (κ3) is 3.45. The quantitative estimate of drug-likeness (QED) is 0.244. The number of carbonyl (C=O) groups excluding carboxylic acids is 2. The van der Waals surface area contributed by atoms with Crippen LogP contribution in [0.4, 0.5) is 0 Å². The highest BCUT2D eigenvalue weighted by molar-refractivity contribution is 5.73. The lowest BCUT2D eigenvalue weighted by molar-refractivity contribution is -0.168. The number of esters is 2. The summed E-state index contributed by atoms with van der Waals surface area (Å²) in [5, 5.41) is 0. The first kappa shape index (κ1) is 20.5. The summed E-state index contributed by atoms with van der Waals surface area (Å²) in [7, 11) is 0. The summed E-state index contributed by atoms with van der Waals surface area (Å²) >= 11 is 0. The molecule has 11 atom stereocenters. The highest BCUT2D eigenvalue weighted by Gasteiger charge is 2.66. The van der Waals surface area contributed by atoms with E-state index in [0.29, 0.717) is 41.9 Å². The van der Waals surface area contributed by atoms with Crippen LogP contribution in [0, 0.1) is 59.2 Å². The number of hydrogen-bond acceptors (Lipinski definition) is 5. The first-order valence-corrected chi connectivity index (χ1v) is 13.1. The second-order valence-corrected chi connectivity index (χ2v) is 11.7.